The number of hydrogen-bond donors (Lipinski definition) is 1. The summed E-state index contributed by atoms with van der Waals surface area (Å²) in [6.07, 6.45) is -3.41. The maximum Gasteiger partial charge on any atom is 0.417 e. The summed E-state index contributed by atoms with van der Waals surface area (Å²) in [7, 11) is 5.73. The molecule has 0 amide bonds. The third kappa shape index (κ3) is 4.46. The molecule has 0 radical (unpaired) electrons. The molecule has 3 aromatic heterocycles. The predicted octanol–water partition coefficient (Wildman–Crippen LogP) is 6.36. The van der Waals surface area contributed by atoms with Gasteiger partial charge >= 0.3 is 6.18 Å². The molecule has 5 rings (SSSR count). The number of hydrogen-bond acceptors (Lipinski definition) is 5. The molecule has 0 fully saturated rings. The van der Waals surface area contributed by atoms with Crippen LogP contribution in [0.25, 0.3) is 27.7 Å². The van der Waals surface area contributed by atoms with E-state index < -0.39 is 40.5 Å². The Morgan fingerprint density at radius 1 is 1.07 bits per heavy atom. The van der Waals surface area contributed by atoms with E-state index in [1.54, 1.807) is 7.05 Å². The lowest BCUT2D eigenvalue weighted by molar-refractivity contribution is -0.137. The predicted molar refractivity (Wildman–Crippen MR) is 139 cm³/mol. The van der Waals surface area contributed by atoms with Gasteiger partial charge in [0.15, 0.2) is 23.2 Å². The average molecular weight is 576 g/mol. The normalized spacial score (nSPS) is 12.0. The fourth-order valence-corrected chi connectivity index (χ4v) is 4.95. The van der Waals surface area contributed by atoms with Crippen molar-refractivity contribution in [3.05, 3.63) is 82.7 Å². The van der Waals surface area contributed by atoms with Crippen molar-refractivity contribution in [1.29, 1.82) is 0 Å². The first kappa shape index (κ1) is 28.0. The first-order chi connectivity index (χ1) is 19.4. The van der Waals surface area contributed by atoms with E-state index in [1.807, 2.05) is 0 Å². The molecular weight excluding hydrogens is 554 g/mol. The summed E-state index contributed by atoms with van der Waals surface area (Å²) in [6.45, 7) is 0.0409. The van der Waals surface area contributed by atoms with Crippen molar-refractivity contribution in [2.75, 3.05) is 26.6 Å². The zero-order valence-corrected chi connectivity index (χ0v) is 22.1. The SMILES string of the molecule is CNc1cc(C(=O)c2cc(F)c(F)c(F)c2)n2cccc(-c3c(C(F)(F)F)cc4c(nc(COC)n4C)c3OC)c12. The van der Waals surface area contributed by atoms with Crippen molar-refractivity contribution in [1.82, 2.24) is 14.0 Å². The number of carbonyl (C=O) groups excluding carboxylic acids is 1. The number of halogens is 6. The van der Waals surface area contributed by atoms with Gasteiger partial charge in [0, 0.05) is 44.1 Å². The number of benzene rings is 2. The number of carbonyl (C=O) groups is 1. The van der Waals surface area contributed by atoms with Crippen molar-refractivity contribution >= 4 is 28.0 Å². The van der Waals surface area contributed by atoms with Crippen LogP contribution in [-0.4, -0.2) is 41.0 Å². The van der Waals surface area contributed by atoms with Crippen LogP contribution in [0, 0.1) is 17.5 Å². The summed E-state index contributed by atoms with van der Waals surface area (Å²) in [5, 5.41) is 2.86. The lowest BCUT2D eigenvalue weighted by atomic mass is 9.96. The van der Waals surface area contributed by atoms with Crippen LogP contribution < -0.4 is 10.1 Å². The van der Waals surface area contributed by atoms with E-state index >= 15 is 0 Å². The van der Waals surface area contributed by atoms with Gasteiger partial charge in [-0.25, -0.2) is 18.2 Å². The number of pyridine rings is 1. The lowest BCUT2D eigenvalue weighted by Gasteiger charge is -2.19. The monoisotopic (exact) mass is 576 g/mol. The van der Waals surface area contributed by atoms with Crippen LogP contribution in [0.4, 0.5) is 32.0 Å². The second-order valence-electron chi connectivity index (χ2n) is 9.13. The zero-order chi connectivity index (χ0) is 29.8. The highest BCUT2D eigenvalue weighted by molar-refractivity contribution is 6.11. The van der Waals surface area contributed by atoms with Crippen LogP contribution in [0.1, 0.15) is 27.4 Å². The highest BCUT2D eigenvalue weighted by atomic mass is 19.4. The molecule has 0 spiro atoms. The van der Waals surface area contributed by atoms with Gasteiger partial charge in [-0.05, 0) is 30.3 Å². The Hall–Kier alpha value is -4.52. The molecule has 13 heteroatoms. The summed E-state index contributed by atoms with van der Waals surface area (Å²) >= 11 is 0. The lowest BCUT2D eigenvalue weighted by Crippen LogP contribution is -2.10. The Bertz CT molecular complexity index is 1820. The highest BCUT2D eigenvalue weighted by Gasteiger charge is 2.38. The maximum atomic E-state index is 14.6. The van der Waals surface area contributed by atoms with Gasteiger partial charge in [-0.2, -0.15) is 13.2 Å². The topological polar surface area (TPSA) is 69.8 Å². The minimum atomic E-state index is -4.83. The Morgan fingerprint density at radius 3 is 2.34 bits per heavy atom. The second-order valence-corrected chi connectivity index (χ2v) is 9.13. The Labute approximate surface area is 228 Å². The van der Waals surface area contributed by atoms with Crippen molar-refractivity contribution in [3.63, 3.8) is 0 Å². The van der Waals surface area contributed by atoms with Crippen LogP contribution in [-0.2, 0) is 24.6 Å². The quantitative estimate of drug-likeness (QED) is 0.139. The number of aromatic nitrogens is 3. The number of fused-ring (bicyclic) bond motifs is 2. The molecule has 0 saturated heterocycles. The van der Waals surface area contributed by atoms with Gasteiger partial charge in [0.25, 0.3) is 0 Å². The molecule has 2 aromatic carbocycles. The van der Waals surface area contributed by atoms with E-state index in [2.05, 4.69) is 10.3 Å². The summed E-state index contributed by atoms with van der Waals surface area (Å²) < 4.78 is 98.7. The van der Waals surface area contributed by atoms with E-state index in [9.17, 15) is 31.1 Å². The molecule has 0 unspecified atom stereocenters. The van der Waals surface area contributed by atoms with E-state index in [4.69, 9.17) is 9.47 Å². The third-order valence-corrected chi connectivity index (χ3v) is 6.81. The largest absolute Gasteiger partial charge is 0.494 e. The standard InChI is InChI=1S/C28H22F6N4O3/c1-35-18-11-20(26(39)13-8-16(29)23(31)17(30)9-13)38-7-5-6-14(25(18)38)22-15(28(32,33)34)10-19-24(27(22)41-4)36-21(12-40-3)37(19)2/h5-11,35H,12H2,1-4H3. The van der Waals surface area contributed by atoms with Gasteiger partial charge in [-0.15, -0.1) is 0 Å². The van der Waals surface area contributed by atoms with Crippen LogP contribution in [0.5, 0.6) is 5.75 Å². The van der Waals surface area contributed by atoms with Gasteiger partial charge in [0.05, 0.1) is 35.1 Å². The molecule has 0 saturated carbocycles. The van der Waals surface area contributed by atoms with Crippen LogP contribution in [0.2, 0.25) is 0 Å². The molecule has 3 heterocycles. The minimum Gasteiger partial charge on any atom is -0.494 e. The third-order valence-electron chi connectivity index (χ3n) is 6.81. The van der Waals surface area contributed by atoms with Crippen molar-refractivity contribution < 1.29 is 40.6 Å². The van der Waals surface area contributed by atoms with Crippen LogP contribution in [0.15, 0.2) is 42.6 Å². The number of anilines is 1. The van der Waals surface area contributed by atoms with Crippen molar-refractivity contribution in [3.8, 4) is 16.9 Å². The number of methoxy groups -OCH3 is 2. The molecular formula is C28H22F6N4O3. The summed E-state index contributed by atoms with van der Waals surface area (Å²) in [4.78, 5) is 17.8. The van der Waals surface area contributed by atoms with E-state index in [-0.39, 0.29) is 51.4 Å². The average Bonchev–Trinajstić information content (AvgIpc) is 3.47. The number of rotatable bonds is 7. The summed E-state index contributed by atoms with van der Waals surface area (Å²) in [6, 6.07) is 6.26. The fourth-order valence-electron chi connectivity index (χ4n) is 4.95. The molecule has 0 aliphatic rings. The Kier molecular flexibility index (Phi) is 6.93. The molecule has 5 aromatic rings. The van der Waals surface area contributed by atoms with E-state index in [0.29, 0.717) is 18.0 Å². The van der Waals surface area contributed by atoms with Crippen LogP contribution in [0.3, 0.4) is 0 Å². The molecule has 214 valence electrons. The Balaban J connectivity index is 1.84. The molecule has 1 N–H and O–H groups in total. The first-order valence-corrected chi connectivity index (χ1v) is 12.1. The smallest absolute Gasteiger partial charge is 0.417 e. The number of ketones is 1. The maximum absolute atomic E-state index is 14.6. The molecule has 0 aliphatic carbocycles. The number of aryl methyl sites for hydroxylation is 1. The highest BCUT2D eigenvalue weighted by Crippen LogP contribution is 2.48. The van der Waals surface area contributed by atoms with Gasteiger partial charge < -0.3 is 23.8 Å². The van der Waals surface area contributed by atoms with Crippen molar-refractivity contribution in [2.24, 2.45) is 7.05 Å². The number of imidazole rings is 1. The zero-order valence-electron chi connectivity index (χ0n) is 22.1. The van der Waals surface area contributed by atoms with E-state index in [1.165, 1.54) is 54.6 Å². The molecule has 0 aliphatic heterocycles. The van der Waals surface area contributed by atoms with Crippen LogP contribution >= 0.6 is 0 Å². The second kappa shape index (κ2) is 10.1. The molecule has 41 heavy (non-hydrogen) atoms. The number of alkyl halides is 3. The Morgan fingerprint density at radius 2 is 1.76 bits per heavy atom. The van der Waals surface area contributed by atoms with Gasteiger partial charge in [0.2, 0.25) is 5.78 Å². The number of nitrogens with zero attached hydrogens (tertiary/aromatic N) is 3. The van der Waals surface area contributed by atoms with Gasteiger partial charge in [0.1, 0.15) is 17.9 Å². The number of ether oxygens (including phenoxy) is 2. The van der Waals surface area contributed by atoms with Crippen molar-refractivity contribution in [2.45, 2.75) is 12.8 Å². The first-order valence-electron chi connectivity index (χ1n) is 12.1. The summed E-state index contributed by atoms with van der Waals surface area (Å²) in [5.74, 6) is -5.51. The molecule has 0 atom stereocenters. The number of nitrogens with one attached hydrogen (secondary N) is 1. The van der Waals surface area contributed by atoms with Gasteiger partial charge in [-0.1, -0.05) is 6.07 Å². The van der Waals surface area contributed by atoms with E-state index in [0.717, 1.165) is 6.07 Å². The molecule has 7 nitrogen and oxygen atoms in total. The summed E-state index contributed by atoms with van der Waals surface area (Å²) in [5.41, 5.74) is -1.20. The van der Waals surface area contributed by atoms with Gasteiger partial charge in [-0.3, -0.25) is 4.79 Å². The molecule has 0 bridgehead atoms. The minimum absolute atomic E-state index is 0.0392. The fraction of sp³-hybridized carbons (Fsp3) is 0.214.